The topological polar surface area (TPSA) is 71.9 Å². The summed E-state index contributed by atoms with van der Waals surface area (Å²) in [5, 5.41) is 8.89. The summed E-state index contributed by atoms with van der Waals surface area (Å²) >= 11 is 12.0. The van der Waals surface area contributed by atoms with Gasteiger partial charge in [0.15, 0.2) is 0 Å². The Labute approximate surface area is 119 Å². The summed E-state index contributed by atoms with van der Waals surface area (Å²) in [6, 6.07) is 8.67. The number of pyridine rings is 1. The fourth-order valence-corrected chi connectivity index (χ4v) is 2.16. The fourth-order valence-electron chi connectivity index (χ4n) is 1.73. The number of nitrogens with zero attached hydrogens (tertiary/aromatic N) is 1. The molecule has 0 radical (unpaired) electrons. The molecular weight excluding hydrogens is 285 g/mol. The third-order valence-electron chi connectivity index (χ3n) is 2.67. The normalized spacial score (nSPS) is 10.4. The molecule has 2 aromatic rings. The number of carbonyl (C=O) groups is 1. The molecule has 0 bridgehead atoms. The summed E-state index contributed by atoms with van der Waals surface area (Å²) in [6.45, 7) is 0.347. The summed E-state index contributed by atoms with van der Waals surface area (Å²) in [7, 11) is 0. The molecule has 0 aliphatic carbocycles. The Hall–Kier alpha value is -1.78. The average Bonchev–Trinajstić information content (AvgIpc) is 2.35. The Morgan fingerprint density at radius 1 is 1.32 bits per heavy atom. The van der Waals surface area contributed by atoms with Crippen LogP contribution in [-0.2, 0) is 6.54 Å². The molecule has 0 unspecified atom stereocenters. The number of amides is 1. The monoisotopic (exact) mass is 295 g/mol. The van der Waals surface area contributed by atoms with Gasteiger partial charge < -0.3 is 10.3 Å². The molecule has 0 aliphatic heterocycles. The Morgan fingerprint density at radius 3 is 2.63 bits per heavy atom. The third-order valence-corrected chi connectivity index (χ3v) is 3.24. The van der Waals surface area contributed by atoms with Gasteiger partial charge in [-0.05, 0) is 17.7 Å². The maximum absolute atomic E-state index is 11.2. The van der Waals surface area contributed by atoms with E-state index in [1.54, 1.807) is 12.3 Å². The molecule has 0 fully saturated rings. The lowest BCUT2D eigenvalue weighted by Crippen LogP contribution is -2.29. The standard InChI is InChI=1S/C13H11Cl2N3O/c14-9-5-10(13(17)19)12(16)18(7-9)6-8-3-1-2-4-11(8)15/h1-5,7,16H,6H2,(H2,17,19). The van der Waals surface area contributed by atoms with Gasteiger partial charge in [-0.1, -0.05) is 41.4 Å². The predicted octanol–water partition coefficient (Wildman–Crippen LogP) is 2.42. The maximum Gasteiger partial charge on any atom is 0.252 e. The van der Waals surface area contributed by atoms with E-state index in [1.165, 1.54) is 10.6 Å². The van der Waals surface area contributed by atoms with Crippen molar-refractivity contribution in [1.82, 2.24) is 4.57 Å². The van der Waals surface area contributed by atoms with E-state index in [0.717, 1.165) is 5.56 Å². The molecule has 98 valence electrons. The van der Waals surface area contributed by atoms with Crippen molar-refractivity contribution < 1.29 is 4.79 Å². The van der Waals surface area contributed by atoms with Crippen LogP contribution in [-0.4, -0.2) is 10.5 Å². The number of primary amides is 1. The van der Waals surface area contributed by atoms with E-state index in [-0.39, 0.29) is 11.1 Å². The minimum atomic E-state index is -0.680. The minimum Gasteiger partial charge on any atom is -0.365 e. The number of nitrogens with two attached hydrogens (primary N) is 1. The number of aromatic nitrogens is 1. The largest absolute Gasteiger partial charge is 0.365 e. The van der Waals surface area contributed by atoms with E-state index < -0.39 is 5.91 Å². The molecule has 4 nitrogen and oxygen atoms in total. The van der Waals surface area contributed by atoms with Gasteiger partial charge >= 0.3 is 0 Å². The summed E-state index contributed by atoms with van der Waals surface area (Å²) in [4.78, 5) is 11.2. The molecule has 1 aromatic heterocycles. The van der Waals surface area contributed by atoms with E-state index in [0.29, 0.717) is 16.6 Å². The second kappa shape index (κ2) is 5.47. The van der Waals surface area contributed by atoms with E-state index in [4.69, 9.17) is 34.3 Å². The van der Waals surface area contributed by atoms with Crippen molar-refractivity contribution in [2.75, 3.05) is 0 Å². The first-order chi connectivity index (χ1) is 8.99. The van der Waals surface area contributed by atoms with Gasteiger partial charge in [0.05, 0.1) is 17.1 Å². The minimum absolute atomic E-state index is 0.0109. The van der Waals surface area contributed by atoms with Crippen LogP contribution in [0.3, 0.4) is 0 Å². The van der Waals surface area contributed by atoms with Crippen LogP contribution < -0.4 is 11.2 Å². The highest BCUT2D eigenvalue weighted by atomic mass is 35.5. The van der Waals surface area contributed by atoms with Crippen LogP contribution in [0.1, 0.15) is 15.9 Å². The highest BCUT2D eigenvalue weighted by Crippen LogP contribution is 2.16. The second-order valence-corrected chi connectivity index (χ2v) is 4.85. The van der Waals surface area contributed by atoms with Crippen molar-refractivity contribution in [2.24, 2.45) is 5.73 Å². The zero-order valence-electron chi connectivity index (χ0n) is 9.86. The lowest BCUT2D eigenvalue weighted by atomic mass is 10.2. The molecule has 0 saturated heterocycles. The zero-order valence-corrected chi connectivity index (χ0v) is 11.4. The van der Waals surface area contributed by atoms with Crippen molar-refractivity contribution in [2.45, 2.75) is 6.54 Å². The molecule has 1 amide bonds. The Morgan fingerprint density at radius 2 is 2.00 bits per heavy atom. The number of halogens is 2. The molecule has 2 rings (SSSR count). The van der Waals surface area contributed by atoms with Crippen LogP contribution in [0.4, 0.5) is 0 Å². The zero-order chi connectivity index (χ0) is 14.0. The quantitative estimate of drug-likeness (QED) is 0.897. The summed E-state index contributed by atoms with van der Waals surface area (Å²) in [6.07, 6.45) is 1.57. The molecule has 0 spiro atoms. The number of hydrogen-bond donors (Lipinski definition) is 2. The van der Waals surface area contributed by atoms with Gasteiger partial charge in [0, 0.05) is 11.2 Å². The SMILES string of the molecule is N=c1c(C(N)=O)cc(Cl)cn1Cc1ccccc1Cl. The fraction of sp³-hybridized carbons (Fsp3) is 0.0769. The third kappa shape index (κ3) is 2.97. The first kappa shape index (κ1) is 13.6. The molecule has 1 aromatic carbocycles. The Balaban J connectivity index is 2.50. The van der Waals surface area contributed by atoms with Gasteiger partial charge in [0.25, 0.3) is 5.91 Å². The van der Waals surface area contributed by atoms with Crippen molar-refractivity contribution in [3.05, 3.63) is 63.2 Å². The molecule has 1 heterocycles. The van der Waals surface area contributed by atoms with Gasteiger partial charge in [-0.15, -0.1) is 0 Å². The highest BCUT2D eigenvalue weighted by molar-refractivity contribution is 6.31. The lowest BCUT2D eigenvalue weighted by molar-refractivity contribution is 0.0998. The van der Waals surface area contributed by atoms with Crippen LogP contribution in [0.2, 0.25) is 10.0 Å². The van der Waals surface area contributed by atoms with Gasteiger partial charge in [0.1, 0.15) is 5.49 Å². The van der Waals surface area contributed by atoms with Crippen LogP contribution in [0.15, 0.2) is 36.5 Å². The highest BCUT2D eigenvalue weighted by Gasteiger charge is 2.09. The number of nitrogens with one attached hydrogen (secondary N) is 1. The van der Waals surface area contributed by atoms with Crippen LogP contribution in [0.25, 0.3) is 0 Å². The second-order valence-electron chi connectivity index (χ2n) is 4.00. The van der Waals surface area contributed by atoms with Crippen molar-refractivity contribution in [3.63, 3.8) is 0 Å². The first-order valence-corrected chi connectivity index (χ1v) is 6.22. The van der Waals surface area contributed by atoms with Crippen LogP contribution in [0.5, 0.6) is 0 Å². The van der Waals surface area contributed by atoms with E-state index in [2.05, 4.69) is 0 Å². The lowest BCUT2D eigenvalue weighted by Gasteiger charge is -2.11. The number of hydrogen-bond acceptors (Lipinski definition) is 2. The predicted molar refractivity (Wildman–Crippen MR) is 74.4 cm³/mol. The molecule has 19 heavy (non-hydrogen) atoms. The number of benzene rings is 1. The van der Waals surface area contributed by atoms with E-state index in [9.17, 15) is 4.79 Å². The van der Waals surface area contributed by atoms with Gasteiger partial charge in [0.2, 0.25) is 0 Å². The number of rotatable bonds is 3. The van der Waals surface area contributed by atoms with Crippen molar-refractivity contribution in [1.29, 1.82) is 5.41 Å². The van der Waals surface area contributed by atoms with Crippen LogP contribution >= 0.6 is 23.2 Å². The van der Waals surface area contributed by atoms with Crippen LogP contribution in [0, 0.1) is 5.41 Å². The molecule has 3 N–H and O–H groups in total. The summed E-state index contributed by atoms with van der Waals surface area (Å²) in [5.74, 6) is -0.680. The Kier molecular flexibility index (Phi) is 3.93. The summed E-state index contributed by atoms with van der Waals surface area (Å²) < 4.78 is 1.53. The van der Waals surface area contributed by atoms with Gasteiger partial charge in [-0.2, -0.15) is 0 Å². The first-order valence-electron chi connectivity index (χ1n) is 5.47. The molecular formula is C13H11Cl2N3O. The molecule has 0 atom stereocenters. The molecule has 0 saturated carbocycles. The summed E-state index contributed by atoms with van der Waals surface area (Å²) in [5.41, 5.74) is 6.15. The average molecular weight is 296 g/mol. The molecule has 6 heteroatoms. The molecule has 0 aliphatic rings. The Bertz CT molecular complexity index is 695. The van der Waals surface area contributed by atoms with E-state index >= 15 is 0 Å². The smallest absolute Gasteiger partial charge is 0.252 e. The maximum atomic E-state index is 11.2. The van der Waals surface area contributed by atoms with Crippen molar-refractivity contribution >= 4 is 29.1 Å². The van der Waals surface area contributed by atoms with Gasteiger partial charge in [-0.3, -0.25) is 10.2 Å². The van der Waals surface area contributed by atoms with Gasteiger partial charge in [-0.25, -0.2) is 0 Å². The van der Waals surface area contributed by atoms with E-state index in [1.807, 2.05) is 18.2 Å². The van der Waals surface area contributed by atoms with Crippen molar-refractivity contribution in [3.8, 4) is 0 Å². The number of carbonyl (C=O) groups excluding carboxylic acids is 1.